The predicted molar refractivity (Wildman–Crippen MR) is 125 cm³/mol. The Labute approximate surface area is 198 Å². The van der Waals surface area contributed by atoms with E-state index < -0.39 is 29.9 Å². The molecule has 0 saturated carbocycles. The maximum atomic E-state index is 14.1. The number of fused-ring (bicyclic) bond motifs is 1. The van der Waals surface area contributed by atoms with E-state index in [0.717, 1.165) is 29.9 Å². The molecule has 2 aromatic heterocycles. The molecule has 0 aliphatic carbocycles. The van der Waals surface area contributed by atoms with Crippen LogP contribution in [0.15, 0.2) is 29.5 Å². The van der Waals surface area contributed by atoms with Gasteiger partial charge in [0.2, 0.25) is 5.78 Å². The molecule has 3 heterocycles. The quantitative estimate of drug-likeness (QED) is 0.425. The van der Waals surface area contributed by atoms with Gasteiger partial charge in [0.15, 0.2) is 5.82 Å². The minimum atomic E-state index is -1.05. The number of rotatable bonds is 6. The second-order valence-electron chi connectivity index (χ2n) is 7.68. The Morgan fingerprint density at radius 2 is 2.09 bits per heavy atom. The van der Waals surface area contributed by atoms with Crippen LogP contribution in [0, 0.1) is 19.7 Å². The Morgan fingerprint density at radius 1 is 1.28 bits per heavy atom. The van der Waals surface area contributed by atoms with Gasteiger partial charge in [-0.05, 0) is 13.3 Å². The molecule has 164 valence electrons. The summed E-state index contributed by atoms with van der Waals surface area (Å²) in [5.41, 5.74) is 4.30. The number of hydrazone groups is 1. The second-order valence-corrected chi connectivity index (χ2v) is 11.7. The number of nitrogens with zero attached hydrogens (tertiary/aromatic N) is 6. The molecular formula is C22H25FN7OTl. The number of imidazole rings is 1. The van der Waals surface area contributed by atoms with E-state index in [1.807, 2.05) is 37.3 Å². The summed E-state index contributed by atoms with van der Waals surface area (Å²) in [6.07, 6.45) is 3.72. The van der Waals surface area contributed by atoms with Crippen molar-refractivity contribution in [3.63, 3.8) is 0 Å². The maximum absolute atomic E-state index is 14.1. The van der Waals surface area contributed by atoms with Crippen molar-refractivity contribution in [2.45, 2.75) is 33.7 Å². The van der Waals surface area contributed by atoms with Crippen LogP contribution in [-0.4, -0.2) is 70.5 Å². The zero-order valence-electron chi connectivity index (χ0n) is 18.5. The zero-order valence-corrected chi connectivity index (χ0v) is 23.0. The number of halogens is 1. The van der Waals surface area contributed by atoms with E-state index in [2.05, 4.69) is 33.2 Å². The van der Waals surface area contributed by atoms with Gasteiger partial charge in [0.05, 0.1) is 17.6 Å². The third kappa shape index (κ3) is 4.43. The zero-order chi connectivity index (χ0) is 22.8. The summed E-state index contributed by atoms with van der Waals surface area (Å²) in [6, 6.07) is 6.08. The van der Waals surface area contributed by atoms with Crippen LogP contribution < -0.4 is 10.3 Å². The van der Waals surface area contributed by atoms with Crippen molar-refractivity contribution >= 4 is 51.8 Å². The Balaban J connectivity index is 1.51. The van der Waals surface area contributed by atoms with Crippen molar-refractivity contribution in [1.29, 1.82) is 0 Å². The van der Waals surface area contributed by atoms with Gasteiger partial charge in [-0.2, -0.15) is 0 Å². The standard InChI is InChI=1S/C21H24FN7O.CH2.Tl/c1-4-17-19(28-11-16(22)14(3)26-21(28)27-17)20(30)24-10-15-5-6-18(13(2)9-15)29-8-7-23-12-25-29;;/h5-6,9,11-12H,4,7-8,10H2,1-3H3,(H2,23,24,25,30);1H2;/q;;+1/p-1. The topological polar surface area (TPSA) is 78.1 Å². The first kappa shape index (κ1) is 22.5. The Bertz CT molecular complexity index is 1220. The first-order valence-electron chi connectivity index (χ1n) is 10.5. The molecule has 10 heteroatoms. The molecular weight excluding hydrogens is 602 g/mol. The molecule has 0 atom stereocenters. The molecule has 1 N–H and O–H groups in total. The summed E-state index contributed by atoms with van der Waals surface area (Å²) < 4.78 is 21.9. The Kier molecular flexibility index (Phi) is 6.63. The fourth-order valence-corrected chi connectivity index (χ4v) is 5.48. The fraction of sp³-hybridized carbons (Fsp3) is 0.318. The van der Waals surface area contributed by atoms with Crippen molar-refractivity contribution in [3.8, 4) is 0 Å². The van der Waals surface area contributed by atoms with Crippen LogP contribution in [0.1, 0.15) is 39.9 Å². The van der Waals surface area contributed by atoms with Gasteiger partial charge in [0, 0.05) is 0 Å². The molecule has 32 heavy (non-hydrogen) atoms. The molecule has 0 unspecified atom stereocenters. The van der Waals surface area contributed by atoms with Gasteiger partial charge >= 0.3 is 131 Å². The van der Waals surface area contributed by atoms with Crippen molar-refractivity contribution in [2.75, 3.05) is 18.1 Å². The van der Waals surface area contributed by atoms with E-state index in [-0.39, 0.29) is 11.6 Å². The average Bonchev–Trinajstić information content (AvgIpc) is 3.15. The molecule has 0 radical (unpaired) electrons. The predicted octanol–water partition coefficient (Wildman–Crippen LogP) is 2.09. The number of carbonyl (C=O) groups is 1. The molecule has 1 aliphatic heterocycles. The van der Waals surface area contributed by atoms with E-state index in [1.54, 1.807) is 6.92 Å². The number of nitrogens with one attached hydrogen (secondary N) is 1. The van der Waals surface area contributed by atoms with E-state index >= 15 is 0 Å². The van der Waals surface area contributed by atoms with Crippen LogP contribution in [0.3, 0.4) is 0 Å². The van der Waals surface area contributed by atoms with Crippen LogP contribution in [0.5, 0.6) is 0 Å². The van der Waals surface area contributed by atoms with E-state index in [1.165, 1.54) is 10.6 Å². The van der Waals surface area contributed by atoms with Gasteiger partial charge < -0.3 is 0 Å². The first-order chi connectivity index (χ1) is 15.4. The third-order valence-electron chi connectivity index (χ3n) is 5.51. The van der Waals surface area contributed by atoms with Gasteiger partial charge in [0.1, 0.15) is 0 Å². The van der Waals surface area contributed by atoms with Crippen LogP contribution >= 0.6 is 0 Å². The van der Waals surface area contributed by atoms with Crippen LogP contribution in [0.2, 0.25) is 0 Å². The molecule has 0 spiro atoms. The number of amides is 1. The molecule has 3 aromatic rings. The van der Waals surface area contributed by atoms with Crippen molar-refractivity contribution in [1.82, 2.24) is 22.4 Å². The number of anilines is 1. The molecule has 1 aliphatic rings. The van der Waals surface area contributed by atoms with Crippen molar-refractivity contribution < 1.29 is 9.18 Å². The monoisotopic (exact) mass is 627 g/mol. The molecule has 0 fully saturated rings. The van der Waals surface area contributed by atoms with Crippen LogP contribution in [0.4, 0.5) is 10.1 Å². The Hall–Kier alpha value is -2.70. The fourth-order valence-electron chi connectivity index (χ4n) is 3.72. The SMILES string of the molecule is [CH2]=[Tl][N]1C=NN(c2ccc(CNC(=O)c3c(CC)nc4nc(C)c(F)cn34)cc2C)CC1. The van der Waals surface area contributed by atoms with E-state index in [9.17, 15) is 9.18 Å². The molecule has 1 aromatic carbocycles. The Morgan fingerprint density at radius 3 is 2.75 bits per heavy atom. The van der Waals surface area contributed by atoms with E-state index in [0.29, 0.717) is 30.1 Å². The first-order valence-corrected chi connectivity index (χ1v) is 15.7. The summed E-state index contributed by atoms with van der Waals surface area (Å²) in [5, 5.41) is 9.49. The molecule has 4 rings (SSSR count). The van der Waals surface area contributed by atoms with Gasteiger partial charge in [-0.25, -0.2) is 14.4 Å². The number of hydrogen-bond donors (Lipinski definition) is 1. The van der Waals surface area contributed by atoms with Crippen LogP contribution in [0.25, 0.3) is 5.78 Å². The molecule has 0 bridgehead atoms. The van der Waals surface area contributed by atoms with Gasteiger partial charge in [-0.3, -0.25) is 4.40 Å². The molecule has 0 saturated heterocycles. The summed E-state index contributed by atoms with van der Waals surface area (Å²) in [5.74, 6) is -0.448. The normalized spacial score (nSPS) is 13.5. The number of carbonyl (C=O) groups excluding carboxylic acids is 1. The minimum absolute atomic E-state index is 0.257. The average molecular weight is 627 g/mol. The summed E-state index contributed by atoms with van der Waals surface area (Å²) >= 11 is -1.05. The number of benzene rings is 1. The summed E-state index contributed by atoms with van der Waals surface area (Å²) in [6.45, 7) is 7.69. The van der Waals surface area contributed by atoms with Gasteiger partial charge in [0.25, 0.3) is 0 Å². The van der Waals surface area contributed by atoms with Gasteiger partial charge in [-0.15, -0.1) is 0 Å². The second kappa shape index (κ2) is 9.43. The number of aromatic nitrogens is 3. The van der Waals surface area contributed by atoms with Crippen molar-refractivity contribution in [3.05, 3.63) is 58.4 Å². The third-order valence-corrected chi connectivity index (χ3v) is 8.85. The summed E-state index contributed by atoms with van der Waals surface area (Å²) in [4.78, 5) is 21.5. The van der Waals surface area contributed by atoms with Gasteiger partial charge in [-0.1, -0.05) is 6.92 Å². The number of hydrogen-bond acceptors (Lipinski definition) is 6. The number of aryl methyl sites for hydroxylation is 3. The van der Waals surface area contributed by atoms with Crippen molar-refractivity contribution in [2.24, 2.45) is 5.10 Å². The van der Waals surface area contributed by atoms with Crippen LogP contribution in [-0.2, 0) is 13.0 Å². The molecule has 1 amide bonds. The van der Waals surface area contributed by atoms with E-state index in [4.69, 9.17) is 0 Å². The summed E-state index contributed by atoms with van der Waals surface area (Å²) in [7, 11) is 0. The molecule has 8 nitrogen and oxygen atoms in total.